The number of nitrogens with zero attached hydrogens (tertiary/aromatic N) is 2. The predicted molar refractivity (Wildman–Crippen MR) is 85.4 cm³/mol. The number of nitrogens with two attached hydrogens (primary N) is 1. The molecule has 1 aromatic rings. The third-order valence-corrected chi connectivity index (χ3v) is 6.29. The van der Waals surface area contributed by atoms with Crippen LogP contribution in [0.4, 0.5) is 0 Å². The number of aromatic nitrogens is 1. The van der Waals surface area contributed by atoms with Crippen LogP contribution < -0.4 is 5.73 Å². The summed E-state index contributed by atoms with van der Waals surface area (Å²) in [5, 5.41) is 0.525. The molecule has 1 fully saturated rings. The number of pyridine rings is 1. The molecule has 0 radical (unpaired) electrons. The number of thioether (sulfide) groups is 1. The molecule has 0 amide bonds. The molecule has 110 valence electrons. The summed E-state index contributed by atoms with van der Waals surface area (Å²) in [6.45, 7) is 5.03. The summed E-state index contributed by atoms with van der Waals surface area (Å²) < 4.78 is 27.0. The van der Waals surface area contributed by atoms with Crippen molar-refractivity contribution in [3.8, 4) is 0 Å². The Morgan fingerprint density at radius 3 is 2.60 bits per heavy atom. The summed E-state index contributed by atoms with van der Waals surface area (Å²) in [5.41, 5.74) is 5.74. The van der Waals surface area contributed by atoms with Gasteiger partial charge in [-0.25, -0.2) is 8.42 Å². The van der Waals surface area contributed by atoms with Crippen LogP contribution in [-0.2, 0) is 10.0 Å². The molecule has 0 bridgehead atoms. The molecule has 2 rings (SSSR count). The minimum Gasteiger partial charge on any atom is -0.388 e. The molecule has 0 spiro atoms. The molecule has 2 unspecified atom stereocenters. The molecule has 1 aliphatic heterocycles. The molecule has 0 aliphatic carbocycles. The number of thiocarbonyl (C=S) groups is 1. The van der Waals surface area contributed by atoms with Crippen LogP contribution in [0.5, 0.6) is 0 Å². The van der Waals surface area contributed by atoms with Crippen molar-refractivity contribution in [1.82, 2.24) is 9.29 Å². The zero-order valence-corrected chi connectivity index (χ0v) is 13.8. The van der Waals surface area contributed by atoms with Crippen LogP contribution >= 0.6 is 24.0 Å². The van der Waals surface area contributed by atoms with Crippen LogP contribution in [0.2, 0.25) is 0 Å². The molecular weight excluding hydrogens is 314 g/mol. The maximum absolute atomic E-state index is 12.8. The Morgan fingerprint density at radius 2 is 2.05 bits per heavy atom. The van der Waals surface area contributed by atoms with Gasteiger partial charge in [0, 0.05) is 29.8 Å². The van der Waals surface area contributed by atoms with Crippen molar-refractivity contribution >= 4 is 39.0 Å². The van der Waals surface area contributed by atoms with Crippen LogP contribution in [0.25, 0.3) is 0 Å². The quantitative estimate of drug-likeness (QED) is 0.840. The van der Waals surface area contributed by atoms with Crippen molar-refractivity contribution in [1.29, 1.82) is 0 Å². The van der Waals surface area contributed by atoms with Crippen LogP contribution in [0.3, 0.4) is 0 Å². The van der Waals surface area contributed by atoms with Crippen molar-refractivity contribution in [2.75, 3.05) is 13.1 Å². The van der Waals surface area contributed by atoms with Crippen LogP contribution in [0.1, 0.15) is 19.5 Å². The molecule has 1 aromatic heterocycles. The molecule has 2 atom stereocenters. The highest BCUT2D eigenvalue weighted by molar-refractivity contribution is 8.00. The first-order valence-corrected chi connectivity index (χ1v) is 9.02. The van der Waals surface area contributed by atoms with Crippen molar-refractivity contribution in [3.63, 3.8) is 0 Å². The lowest BCUT2D eigenvalue weighted by molar-refractivity contribution is 0.404. The molecule has 0 aromatic carbocycles. The fourth-order valence-corrected chi connectivity index (χ4v) is 5.77. The van der Waals surface area contributed by atoms with Gasteiger partial charge in [-0.05, 0) is 12.1 Å². The van der Waals surface area contributed by atoms with Crippen molar-refractivity contribution in [2.45, 2.75) is 29.2 Å². The maximum Gasteiger partial charge on any atom is 0.245 e. The number of hydrogen-bond donors (Lipinski definition) is 1. The topological polar surface area (TPSA) is 76.3 Å². The summed E-state index contributed by atoms with van der Waals surface area (Å²) >= 11 is 6.69. The van der Waals surface area contributed by atoms with E-state index in [1.165, 1.54) is 16.6 Å². The van der Waals surface area contributed by atoms with Gasteiger partial charge in [0.25, 0.3) is 0 Å². The highest BCUT2D eigenvalue weighted by Gasteiger charge is 2.33. The van der Waals surface area contributed by atoms with E-state index in [2.05, 4.69) is 4.98 Å². The average Bonchev–Trinajstić information content (AvgIpc) is 2.37. The Hall–Kier alpha value is -0.700. The van der Waals surface area contributed by atoms with Crippen LogP contribution in [0.15, 0.2) is 23.2 Å². The highest BCUT2D eigenvalue weighted by Crippen LogP contribution is 2.29. The minimum atomic E-state index is -3.61. The van der Waals surface area contributed by atoms with Gasteiger partial charge >= 0.3 is 0 Å². The van der Waals surface area contributed by atoms with Gasteiger partial charge in [-0.1, -0.05) is 26.1 Å². The van der Waals surface area contributed by atoms with Gasteiger partial charge in [-0.15, -0.1) is 0 Å². The molecule has 0 saturated carbocycles. The second kappa shape index (κ2) is 5.97. The molecule has 5 nitrogen and oxygen atoms in total. The molecule has 8 heteroatoms. The highest BCUT2D eigenvalue weighted by atomic mass is 32.2. The summed E-state index contributed by atoms with van der Waals surface area (Å²) in [6, 6.07) is 3.09. The molecule has 2 N–H and O–H groups in total. The first kappa shape index (κ1) is 15.7. The maximum atomic E-state index is 12.8. The lowest BCUT2D eigenvalue weighted by Gasteiger charge is -2.33. The Kier molecular flexibility index (Phi) is 4.68. The van der Waals surface area contributed by atoms with Crippen LogP contribution in [0, 0.1) is 0 Å². The number of sulfonamides is 1. The Morgan fingerprint density at radius 1 is 1.45 bits per heavy atom. The molecular formula is C12H17N3O2S3. The van der Waals surface area contributed by atoms with Gasteiger partial charge in [-0.2, -0.15) is 16.1 Å². The molecule has 2 heterocycles. The number of rotatable bonds is 3. The van der Waals surface area contributed by atoms with E-state index in [1.807, 2.05) is 13.8 Å². The van der Waals surface area contributed by atoms with Gasteiger partial charge in [-0.3, -0.25) is 4.98 Å². The standard InChI is InChI=1S/C12H17N3O2S3/c1-8-6-15(7-9(2)19-8)20(16,17)10-4-3-5-14-11(10)12(13)18/h3-5,8-9H,6-7H2,1-2H3,(H2,13,18). The number of hydrogen-bond acceptors (Lipinski definition) is 5. The van der Waals surface area contributed by atoms with Gasteiger partial charge in [0.2, 0.25) is 10.0 Å². The Balaban J connectivity index is 2.43. The monoisotopic (exact) mass is 331 g/mol. The lowest BCUT2D eigenvalue weighted by Crippen LogP contribution is -2.44. The summed E-state index contributed by atoms with van der Waals surface area (Å²) in [6.07, 6.45) is 1.49. The van der Waals surface area contributed by atoms with E-state index >= 15 is 0 Å². The van der Waals surface area contributed by atoms with Crippen LogP contribution in [-0.4, -0.2) is 46.3 Å². The fourth-order valence-electron chi connectivity index (χ4n) is 2.25. The van der Waals surface area contributed by atoms with E-state index in [-0.39, 0.29) is 26.1 Å². The van der Waals surface area contributed by atoms with E-state index in [0.29, 0.717) is 13.1 Å². The van der Waals surface area contributed by atoms with Gasteiger partial charge in [0.05, 0.1) is 0 Å². The SMILES string of the molecule is CC1CN(S(=O)(=O)c2cccnc2C(N)=S)CC(C)S1. The van der Waals surface area contributed by atoms with E-state index in [4.69, 9.17) is 18.0 Å². The zero-order valence-electron chi connectivity index (χ0n) is 11.3. The third-order valence-electron chi connectivity index (χ3n) is 3.01. The van der Waals surface area contributed by atoms with Gasteiger partial charge in [0.1, 0.15) is 15.6 Å². The summed E-state index contributed by atoms with van der Waals surface area (Å²) in [7, 11) is -3.61. The predicted octanol–water partition coefficient (Wildman–Crippen LogP) is 1.23. The van der Waals surface area contributed by atoms with Crippen molar-refractivity contribution < 1.29 is 8.42 Å². The normalized spacial score (nSPS) is 24.5. The van der Waals surface area contributed by atoms with E-state index < -0.39 is 10.0 Å². The fraction of sp³-hybridized carbons (Fsp3) is 0.500. The first-order valence-electron chi connectivity index (χ1n) is 6.23. The summed E-state index contributed by atoms with van der Waals surface area (Å²) in [4.78, 5) is 4.09. The minimum absolute atomic E-state index is 0.00310. The third kappa shape index (κ3) is 3.13. The zero-order chi connectivity index (χ0) is 14.9. The van der Waals surface area contributed by atoms with E-state index in [9.17, 15) is 8.42 Å². The van der Waals surface area contributed by atoms with Crippen molar-refractivity contribution in [2.24, 2.45) is 5.73 Å². The average molecular weight is 331 g/mol. The van der Waals surface area contributed by atoms with Gasteiger partial charge < -0.3 is 5.73 Å². The van der Waals surface area contributed by atoms with E-state index in [1.54, 1.807) is 17.8 Å². The second-order valence-electron chi connectivity index (χ2n) is 4.79. The molecule has 1 saturated heterocycles. The summed E-state index contributed by atoms with van der Waals surface area (Å²) in [5.74, 6) is 0. The Bertz CT molecular complexity index is 608. The van der Waals surface area contributed by atoms with Gasteiger partial charge in [0.15, 0.2) is 0 Å². The lowest BCUT2D eigenvalue weighted by atomic mass is 10.3. The van der Waals surface area contributed by atoms with E-state index in [0.717, 1.165) is 0 Å². The van der Waals surface area contributed by atoms with Crippen molar-refractivity contribution in [3.05, 3.63) is 24.0 Å². The first-order chi connectivity index (χ1) is 9.32. The smallest absolute Gasteiger partial charge is 0.245 e. The Labute approximate surface area is 129 Å². The largest absolute Gasteiger partial charge is 0.388 e. The molecule has 1 aliphatic rings. The molecule has 20 heavy (non-hydrogen) atoms. The second-order valence-corrected chi connectivity index (χ2v) is 9.02.